The highest BCUT2D eigenvalue weighted by molar-refractivity contribution is 7.10. The molecule has 110 valence electrons. The zero-order chi connectivity index (χ0) is 14.4. The fourth-order valence-electron chi connectivity index (χ4n) is 2.65. The predicted molar refractivity (Wildman–Crippen MR) is 84.9 cm³/mol. The molecule has 1 aromatic heterocycles. The third-order valence-corrected chi connectivity index (χ3v) is 4.66. The Morgan fingerprint density at radius 3 is 3.10 bits per heavy atom. The van der Waals surface area contributed by atoms with Crippen LogP contribution in [0.4, 0.5) is 0 Å². The van der Waals surface area contributed by atoms with Gasteiger partial charge >= 0.3 is 0 Å². The van der Waals surface area contributed by atoms with E-state index in [1.54, 1.807) is 11.3 Å². The molecule has 2 rings (SSSR count). The largest absolute Gasteiger partial charge is 0.395 e. The summed E-state index contributed by atoms with van der Waals surface area (Å²) in [6.45, 7) is 3.51. The van der Waals surface area contributed by atoms with Crippen molar-refractivity contribution in [3.63, 3.8) is 0 Å². The number of aliphatic hydroxyl groups excluding tert-OH is 1. The molecular weight excluding hydrogens is 268 g/mol. The Balaban J connectivity index is 1.82. The van der Waals surface area contributed by atoms with Crippen molar-refractivity contribution in [2.45, 2.75) is 31.8 Å². The minimum absolute atomic E-state index is 0.141. The Labute approximate surface area is 126 Å². The first kappa shape index (κ1) is 15.5. The monoisotopic (exact) mass is 292 g/mol. The Morgan fingerprint density at radius 2 is 2.40 bits per heavy atom. The number of aliphatic hydroxyl groups is 1. The molecule has 1 saturated heterocycles. The number of nitrogens with zero attached hydrogens (tertiary/aromatic N) is 2. The van der Waals surface area contributed by atoms with Crippen LogP contribution in [-0.4, -0.2) is 54.7 Å². The number of likely N-dealkylation sites (N-methyl/N-ethyl adjacent to an activating group) is 2. The molecule has 1 aliphatic rings. The van der Waals surface area contributed by atoms with Crippen LogP contribution in [0, 0.1) is 11.8 Å². The molecule has 0 amide bonds. The first-order chi connectivity index (χ1) is 9.69. The van der Waals surface area contributed by atoms with Crippen LogP contribution in [0.25, 0.3) is 0 Å². The lowest BCUT2D eigenvalue weighted by molar-refractivity contribution is 0.216. The normalized spacial score (nSPS) is 19.3. The molecule has 1 N–H and O–H groups in total. The highest BCUT2D eigenvalue weighted by Crippen LogP contribution is 2.19. The zero-order valence-corrected chi connectivity index (χ0v) is 13.2. The molecule has 20 heavy (non-hydrogen) atoms. The summed E-state index contributed by atoms with van der Waals surface area (Å²) in [5.74, 6) is 6.06. The number of hydrogen-bond donors (Lipinski definition) is 1. The summed E-state index contributed by atoms with van der Waals surface area (Å²) in [4.78, 5) is 6.24. The van der Waals surface area contributed by atoms with E-state index in [9.17, 15) is 0 Å². The first-order valence-corrected chi connectivity index (χ1v) is 8.13. The van der Waals surface area contributed by atoms with Crippen molar-refractivity contribution in [3.05, 3.63) is 21.9 Å². The molecule has 2 heterocycles. The smallest absolute Gasteiger partial charge is 0.0540 e. The molecule has 1 fully saturated rings. The van der Waals surface area contributed by atoms with Crippen molar-refractivity contribution in [2.75, 3.05) is 33.8 Å². The molecule has 0 spiro atoms. The molecule has 1 atom stereocenters. The van der Waals surface area contributed by atoms with Crippen LogP contribution in [-0.2, 0) is 6.54 Å². The van der Waals surface area contributed by atoms with E-state index in [0.717, 1.165) is 18.7 Å². The van der Waals surface area contributed by atoms with E-state index in [-0.39, 0.29) is 6.61 Å². The summed E-state index contributed by atoms with van der Waals surface area (Å²) in [6.07, 6.45) is 3.21. The average molecular weight is 292 g/mol. The van der Waals surface area contributed by atoms with Crippen molar-refractivity contribution in [2.24, 2.45) is 0 Å². The third-order valence-electron chi connectivity index (χ3n) is 3.74. The fourth-order valence-corrected chi connectivity index (χ4v) is 3.55. The first-order valence-electron chi connectivity index (χ1n) is 7.25. The van der Waals surface area contributed by atoms with E-state index in [1.807, 2.05) is 0 Å². The van der Waals surface area contributed by atoms with Crippen molar-refractivity contribution in [1.82, 2.24) is 9.80 Å². The Hall–Kier alpha value is -0.860. The molecule has 0 radical (unpaired) electrons. The number of likely N-dealkylation sites (tertiary alicyclic amines) is 1. The van der Waals surface area contributed by atoms with E-state index >= 15 is 0 Å². The van der Waals surface area contributed by atoms with Gasteiger partial charge in [0.25, 0.3) is 0 Å². The molecule has 1 aromatic rings. The maximum atomic E-state index is 8.72. The number of thiophene rings is 1. The van der Waals surface area contributed by atoms with Crippen LogP contribution in [0.5, 0.6) is 0 Å². The van der Waals surface area contributed by atoms with Gasteiger partial charge < -0.3 is 10.0 Å². The number of rotatable bonds is 5. The van der Waals surface area contributed by atoms with Crippen molar-refractivity contribution in [3.8, 4) is 11.8 Å². The predicted octanol–water partition coefficient (Wildman–Crippen LogP) is 2.01. The van der Waals surface area contributed by atoms with Crippen LogP contribution in [0.3, 0.4) is 0 Å². The molecule has 1 aliphatic heterocycles. The summed E-state index contributed by atoms with van der Waals surface area (Å²) in [6, 6.07) is 2.88. The maximum absolute atomic E-state index is 8.72. The second-order valence-corrected chi connectivity index (χ2v) is 6.55. The van der Waals surface area contributed by atoms with E-state index in [2.05, 4.69) is 47.2 Å². The van der Waals surface area contributed by atoms with Gasteiger partial charge in [-0.15, -0.1) is 11.3 Å². The summed E-state index contributed by atoms with van der Waals surface area (Å²) in [7, 11) is 4.43. The molecule has 0 saturated carbocycles. The van der Waals surface area contributed by atoms with Crippen molar-refractivity contribution >= 4 is 11.3 Å². The molecule has 0 bridgehead atoms. The highest BCUT2D eigenvalue weighted by atomic mass is 32.1. The van der Waals surface area contributed by atoms with Crippen LogP contribution in [0.1, 0.15) is 29.7 Å². The van der Waals surface area contributed by atoms with Gasteiger partial charge in [-0.3, -0.25) is 4.90 Å². The molecule has 1 unspecified atom stereocenters. The molecular formula is C16H24N2OS. The van der Waals surface area contributed by atoms with E-state index < -0.39 is 0 Å². The fraction of sp³-hybridized carbons (Fsp3) is 0.625. The van der Waals surface area contributed by atoms with E-state index in [4.69, 9.17) is 5.11 Å². The van der Waals surface area contributed by atoms with Crippen LogP contribution >= 0.6 is 11.3 Å². The second-order valence-electron chi connectivity index (χ2n) is 5.55. The van der Waals surface area contributed by atoms with Gasteiger partial charge in [-0.05, 0) is 39.5 Å². The average Bonchev–Trinajstić information content (AvgIpc) is 3.00. The molecule has 3 nitrogen and oxygen atoms in total. The van der Waals surface area contributed by atoms with Crippen LogP contribution in [0.2, 0.25) is 0 Å². The summed E-state index contributed by atoms with van der Waals surface area (Å²) < 4.78 is 0. The minimum atomic E-state index is 0.141. The van der Waals surface area contributed by atoms with E-state index in [1.165, 1.54) is 24.3 Å². The number of hydrogen-bond acceptors (Lipinski definition) is 4. The third kappa shape index (κ3) is 4.60. The highest BCUT2D eigenvalue weighted by Gasteiger charge is 2.22. The lowest BCUT2D eigenvalue weighted by Gasteiger charge is -2.25. The SMILES string of the molecule is CN(Cc1cc(C#CCCO)cs1)CC1CCCN1C. The Kier molecular flexibility index (Phi) is 6.06. The minimum Gasteiger partial charge on any atom is -0.395 e. The Bertz CT molecular complexity index is 474. The lowest BCUT2D eigenvalue weighted by Crippen LogP contribution is -2.36. The lowest BCUT2D eigenvalue weighted by atomic mass is 10.2. The second kappa shape index (κ2) is 7.80. The van der Waals surface area contributed by atoms with Crippen LogP contribution < -0.4 is 0 Å². The zero-order valence-electron chi connectivity index (χ0n) is 12.4. The topological polar surface area (TPSA) is 26.7 Å². The summed E-state index contributed by atoms with van der Waals surface area (Å²) in [5, 5.41) is 10.8. The van der Waals surface area contributed by atoms with Gasteiger partial charge in [-0.25, -0.2) is 0 Å². The standard InChI is InChI=1S/C16H24N2OS/c1-17(11-15-7-5-8-18(15)2)12-16-10-14(13-20-16)6-3-4-9-19/h10,13,15,19H,4-5,7-9,11-12H2,1-2H3. The summed E-state index contributed by atoms with van der Waals surface area (Å²) in [5.41, 5.74) is 1.07. The van der Waals surface area contributed by atoms with Gasteiger partial charge in [0, 0.05) is 41.4 Å². The quantitative estimate of drug-likeness (QED) is 0.841. The molecule has 0 aliphatic carbocycles. The van der Waals surface area contributed by atoms with E-state index in [0.29, 0.717) is 12.5 Å². The van der Waals surface area contributed by atoms with Gasteiger partial charge in [-0.1, -0.05) is 11.8 Å². The van der Waals surface area contributed by atoms with Gasteiger partial charge in [0.1, 0.15) is 0 Å². The van der Waals surface area contributed by atoms with Gasteiger partial charge in [0.05, 0.1) is 6.61 Å². The van der Waals surface area contributed by atoms with Gasteiger partial charge in [-0.2, -0.15) is 0 Å². The van der Waals surface area contributed by atoms with Crippen molar-refractivity contribution in [1.29, 1.82) is 0 Å². The van der Waals surface area contributed by atoms with Gasteiger partial charge in [0.15, 0.2) is 0 Å². The van der Waals surface area contributed by atoms with Crippen molar-refractivity contribution < 1.29 is 5.11 Å². The molecule has 0 aromatic carbocycles. The molecule has 4 heteroatoms. The maximum Gasteiger partial charge on any atom is 0.0540 e. The summed E-state index contributed by atoms with van der Waals surface area (Å²) >= 11 is 1.77. The Morgan fingerprint density at radius 1 is 1.55 bits per heavy atom. The van der Waals surface area contributed by atoms with Crippen LogP contribution in [0.15, 0.2) is 11.4 Å². The van der Waals surface area contributed by atoms with Gasteiger partial charge in [0.2, 0.25) is 0 Å².